The van der Waals surface area contributed by atoms with Gasteiger partial charge >= 0.3 is 0 Å². The van der Waals surface area contributed by atoms with Gasteiger partial charge in [-0.15, -0.1) is 0 Å². The van der Waals surface area contributed by atoms with E-state index in [0.717, 1.165) is 28.0 Å². The molecular formula is C10H14Br2N2O. The zero-order valence-corrected chi connectivity index (χ0v) is 11.6. The Morgan fingerprint density at radius 3 is 2.53 bits per heavy atom. The number of rotatable bonds is 3. The summed E-state index contributed by atoms with van der Waals surface area (Å²) in [7, 11) is 0. The topological polar surface area (TPSA) is 42.4 Å². The smallest absolute Gasteiger partial charge is 0.183 e. The van der Waals surface area contributed by atoms with Crippen molar-refractivity contribution >= 4 is 31.9 Å². The summed E-state index contributed by atoms with van der Waals surface area (Å²) in [5.41, 5.74) is 5.81. The lowest BCUT2D eigenvalue weighted by molar-refractivity contribution is 0.219. The molecule has 1 saturated heterocycles. The molecular weight excluding hydrogens is 324 g/mol. The highest BCUT2D eigenvalue weighted by Crippen LogP contribution is 2.33. The Labute approximate surface area is 106 Å². The maximum absolute atomic E-state index is 5.81. The summed E-state index contributed by atoms with van der Waals surface area (Å²) in [5.74, 6) is 0.943. The molecule has 0 aliphatic carbocycles. The molecule has 3 nitrogen and oxygen atoms in total. The fraction of sp³-hybridized carbons (Fsp3) is 0.600. The number of nitrogens with zero attached hydrogens (tertiary/aromatic N) is 1. The van der Waals surface area contributed by atoms with Gasteiger partial charge < -0.3 is 10.2 Å². The first-order chi connectivity index (χ1) is 7.22. The molecule has 2 heterocycles. The molecule has 1 atom stereocenters. The Bertz CT molecular complexity index is 315. The highest BCUT2D eigenvalue weighted by Gasteiger charge is 2.25. The largest absolute Gasteiger partial charge is 0.451 e. The van der Waals surface area contributed by atoms with Crippen LogP contribution in [-0.4, -0.2) is 24.5 Å². The van der Waals surface area contributed by atoms with Gasteiger partial charge in [0.1, 0.15) is 5.76 Å². The molecule has 0 spiro atoms. The van der Waals surface area contributed by atoms with Crippen molar-refractivity contribution in [2.24, 2.45) is 5.73 Å². The molecule has 1 fully saturated rings. The second-order valence-corrected chi connectivity index (χ2v) is 5.34. The van der Waals surface area contributed by atoms with Gasteiger partial charge in [0.25, 0.3) is 0 Å². The zero-order valence-electron chi connectivity index (χ0n) is 8.38. The van der Waals surface area contributed by atoms with Gasteiger partial charge in [-0.2, -0.15) is 0 Å². The molecule has 0 aromatic carbocycles. The van der Waals surface area contributed by atoms with E-state index < -0.39 is 0 Å². The number of halogens is 2. The van der Waals surface area contributed by atoms with Gasteiger partial charge in [-0.3, -0.25) is 4.90 Å². The van der Waals surface area contributed by atoms with Crippen molar-refractivity contribution in [3.8, 4) is 0 Å². The summed E-state index contributed by atoms with van der Waals surface area (Å²) in [6, 6.07) is 2.22. The molecule has 15 heavy (non-hydrogen) atoms. The minimum Gasteiger partial charge on any atom is -0.451 e. The molecule has 1 aliphatic heterocycles. The van der Waals surface area contributed by atoms with Gasteiger partial charge in [-0.25, -0.2) is 0 Å². The quantitative estimate of drug-likeness (QED) is 0.922. The van der Waals surface area contributed by atoms with Crippen LogP contribution in [0, 0.1) is 0 Å². The molecule has 84 valence electrons. The van der Waals surface area contributed by atoms with Crippen LogP contribution in [0.25, 0.3) is 0 Å². The van der Waals surface area contributed by atoms with Crippen molar-refractivity contribution in [3.05, 3.63) is 21.0 Å². The van der Waals surface area contributed by atoms with Crippen LogP contribution in [0.5, 0.6) is 0 Å². The van der Waals surface area contributed by atoms with Gasteiger partial charge in [-0.05, 0) is 63.9 Å². The third-order valence-corrected chi connectivity index (χ3v) is 4.51. The maximum atomic E-state index is 5.81. The van der Waals surface area contributed by atoms with Crippen LogP contribution in [0.4, 0.5) is 0 Å². The molecule has 0 bridgehead atoms. The lowest BCUT2D eigenvalue weighted by Gasteiger charge is -2.23. The van der Waals surface area contributed by atoms with Gasteiger partial charge in [0.15, 0.2) is 4.67 Å². The average Bonchev–Trinajstić information content (AvgIpc) is 2.80. The summed E-state index contributed by atoms with van der Waals surface area (Å²) in [4.78, 5) is 2.39. The van der Waals surface area contributed by atoms with E-state index >= 15 is 0 Å². The standard InChI is InChI=1S/C10H14Br2N2O/c11-7-5-9(15-10(7)12)8(6-13)14-3-1-2-4-14/h5,8H,1-4,6,13H2. The number of hydrogen-bond donors (Lipinski definition) is 1. The van der Waals surface area contributed by atoms with Crippen molar-refractivity contribution in [2.75, 3.05) is 19.6 Å². The average molecular weight is 338 g/mol. The molecule has 0 saturated carbocycles. The van der Waals surface area contributed by atoms with E-state index in [-0.39, 0.29) is 6.04 Å². The SMILES string of the molecule is NCC(c1cc(Br)c(Br)o1)N1CCCC1. The molecule has 1 aromatic heterocycles. The summed E-state index contributed by atoms with van der Waals surface area (Å²) in [6.45, 7) is 2.85. The van der Waals surface area contributed by atoms with Crippen LogP contribution in [0.3, 0.4) is 0 Å². The maximum Gasteiger partial charge on any atom is 0.183 e. The summed E-state index contributed by atoms with van der Waals surface area (Å²) in [6.07, 6.45) is 2.53. The summed E-state index contributed by atoms with van der Waals surface area (Å²) < 4.78 is 7.33. The van der Waals surface area contributed by atoms with Crippen molar-refractivity contribution in [3.63, 3.8) is 0 Å². The molecule has 0 radical (unpaired) electrons. The third kappa shape index (κ3) is 2.46. The molecule has 1 aliphatic rings. The van der Waals surface area contributed by atoms with Gasteiger partial charge in [-0.1, -0.05) is 0 Å². The Hall–Kier alpha value is 0.160. The van der Waals surface area contributed by atoms with E-state index in [4.69, 9.17) is 10.2 Å². The Balaban J connectivity index is 2.18. The molecule has 2 rings (SSSR count). The van der Waals surface area contributed by atoms with Crippen molar-refractivity contribution < 1.29 is 4.42 Å². The minimum atomic E-state index is 0.218. The predicted octanol–water partition coefficient (Wildman–Crippen LogP) is 2.90. The van der Waals surface area contributed by atoms with Gasteiger partial charge in [0.2, 0.25) is 0 Å². The van der Waals surface area contributed by atoms with E-state index in [0.29, 0.717) is 6.54 Å². The molecule has 1 unspecified atom stereocenters. The highest BCUT2D eigenvalue weighted by molar-refractivity contribution is 9.13. The van der Waals surface area contributed by atoms with E-state index in [1.165, 1.54) is 12.8 Å². The summed E-state index contributed by atoms with van der Waals surface area (Å²) >= 11 is 6.77. The molecule has 0 amide bonds. The molecule has 2 N–H and O–H groups in total. The lowest BCUT2D eigenvalue weighted by atomic mass is 10.2. The minimum absolute atomic E-state index is 0.218. The Kier molecular flexibility index (Phi) is 3.88. The van der Waals surface area contributed by atoms with Crippen LogP contribution in [0.2, 0.25) is 0 Å². The Morgan fingerprint density at radius 1 is 1.40 bits per heavy atom. The van der Waals surface area contributed by atoms with Crippen molar-refractivity contribution in [1.82, 2.24) is 4.90 Å². The fourth-order valence-corrected chi connectivity index (χ4v) is 2.63. The van der Waals surface area contributed by atoms with Crippen LogP contribution in [-0.2, 0) is 0 Å². The summed E-state index contributed by atoms with van der Waals surface area (Å²) in [5, 5.41) is 0. The third-order valence-electron chi connectivity index (χ3n) is 2.80. The van der Waals surface area contributed by atoms with Crippen LogP contribution < -0.4 is 5.73 Å². The first kappa shape index (κ1) is 11.6. The number of hydrogen-bond acceptors (Lipinski definition) is 3. The van der Waals surface area contributed by atoms with Gasteiger partial charge in [0, 0.05) is 6.54 Å². The molecule has 5 heteroatoms. The Morgan fingerprint density at radius 2 is 2.07 bits per heavy atom. The normalized spacial score (nSPS) is 19.7. The van der Waals surface area contributed by atoms with E-state index in [9.17, 15) is 0 Å². The number of furan rings is 1. The number of nitrogens with two attached hydrogens (primary N) is 1. The zero-order chi connectivity index (χ0) is 10.8. The first-order valence-electron chi connectivity index (χ1n) is 5.11. The number of likely N-dealkylation sites (tertiary alicyclic amines) is 1. The van der Waals surface area contributed by atoms with Gasteiger partial charge in [0.05, 0.1) is 10.5 Å². The van der Waals surface area contributed by atoms with Crippen LogP contribution >= 0.6 is 31.9 Å². The first-order valence-corrected chi connectivity index (χ1v) is 6.70. The second kappa shape index (κ2) is 4.99. The second-order valence-electron chi connectivity index (χ2n) is 3.76. The lowest BCUT2D eigenvalue weighted by Crippen LogP contribution is -2.31. The van der Waals surface area contributed by atoms with E-state index in [2.05, 4.69) is 36.8 Å². The molecule has 1 aromatic rings. The van der Waals surface area contributed by atoms with Crippen LogP contribution in [0.1, 0.15) is 24.6 Å². The fourth-order valence-electron chi connectivity index (χ4n) is 2.03. The van der Waals surface area contributed by atoms with E-state index in [1.54, 1.807) is 0 Å². The van der Waals surface area contributed by atoms with Crippen molar-refractivity contribution in [1.29, 1.82) is 0 Å². The van der Waals surface area contributed by atoms with E-state index in [1.807, 2.05) is 6.07 Å². The highest BCUT2D eigenvalue weighted by atomic mass is 79.9. The monoisotopic (exact) mass is 336 g/mol. The van der Waals surface area contributed by atoms with Crippen molar-refractivity contribution in [2.45, 2.75) is 18.9 Å². The predicted molar refractivity (Wildman–Crippen MR) is 66.7 cm³/mol. The van der Waals surface area contributed by atoms with Crippen LogP contribution in [0.15, 0.2) is 19.6 Å².